The number of primary amides is 2. The first-order valence-electron chi connectivity index (χ1n) is 38.5. The van der Waals surface area contributed by atoms with Gasteiger partial charge in [0.25, 0.3) is 0 Å². The zero-order valence-electron chi connectivity index (χ0n) is 66.7. The van der Waals surface area contributed by atoms with Crippen LogP contribution in [0.2, 0.25) is 0 Å². The van der Waals surface area contributed by atoms with E-state index in [1.54, 1.807) is 58.0 Å². The number of nitrogens with one attached hydrogen (secondary N) is 16. The number of likely N-dealkylation sites (tertiary alicyclic amines) is 1. The van der Waals surface area contributed by atoms with Crippen LogP contribution in [-0.2, 0) is 107 Å². The van der Waals surface area contributed by atoms with Gasteiger partial charge in [0.05, 0.1) is 43.6 Å². The first-order chi connectivity index (χ1) is 56.5. The summed E-state index contributed by atoms with van der Waals surface area (Å²) in [7, 11) is 0. The fraction of sp³-hybridized carbons (Fsp3) is 0.533. The predicted octanol–water partition coefficient (Wildman–Crippen LogP) is -6.47. The number of amides is 17. The number of phenols is 1. The monoisotopic (exact) mass is 1720 g/mol. The van der Waals surface area contributed by atoms with E-state index in [1.807, 2.05) is 0 Å². The smallest absolute Gasteiger partial charge is 0.246 e. The summed E-state index contributed by atoms with van der Waals surface area (Å²) in [5.41, 5.74) is 18.4. The number of rotatable bonds is 50. The van der Waals surface area contributed by atoms with Crippen molar-refractivity contribution in [2.75, 3.05) is 43.5 Å². The number of hydrogen-bond donors (Lipinski definition) is 24. The molecule has 5 rings (SSSR count). The zero-order chi connectivity index (χ0) is 88.2. The predicted molar refractivity (Wildman–Crippen MR) is 440 cm³/mol. The number of carbonyl (C=O) groups is 17. The van der Waals surface area contributed by atoms with Crippen molar-refractivity contribution in [1.29, 1.82) is 0 Å². The second-order valence-corrected chi connectivity index (χ2v) is 29.9. The molecular formula is C75H110N22O19S3. The van der Waals surface area contributed by atoms with Gasteiger partial charge in [0.1, 0.15) is 90.3 Å². The Kier molecular flexibility index (Phi) is 41.1. The van der Waals surface area contributed by atoms with Crippen molar-refractivity contribution in [1.82, 2.24) is 99.3 Å². The number of carbonyl (C=O) groups excluding carboxylic acids is 17. The fourth-order valence-corrected chi connectivity index (χ4v) is 13.1. The van der Waals surface area contributed by atoms with Crippen LogP contribution >= 0.6 is 37.9 Å². The SMILES string of the molecule is CC[C@H](C)[C@H](NC(=O)[C@H](CS)NC(=O)[C@H](CCCCN)NC(=O)[C@H](Cc1c[nH]cn1)NC(=O)[C@H](C)NC(=O)[C@@H]1CCCN1C(=O)[C@H](Cc1ccccc1)NC(=O)[C@@H](NC(=O)[C@H](Cc1ccc(O)cc1)NC(=O)[C@H](CC(N)=O)NC(=O)[C@H](CS)NC(=O)[C@H](CO)NC(=O)CNC(=O)[C@H](Cc1c[nH]cn1)NC(C)=O)C(C)C)C(=O)N[C@@H](CS)C(N)=O. The maximum Gasteiger partial charge on any atom is 0.246 e. The summed E-state index contributed by atoms with van der Waals surface area (Å²) in [6.45, 7) is 7.52. The largest absolute Gasteiger partial charge is 0.508 e. The first-order valence-corrected chi connectivity index (χ1v) is 40.4. The molecule has 4 aromatic rings. The number of nitrogens with two attached hydrogens (primary N) is 3. The lowest BCUT2D eigenvalue weighted by Crippen LogP contribution is -2.62. The van der Waals surface area contributed by atoms with Crippen molar-refractivity contribution in [2.24, 2.45) is 29.0 Å². The van der Waals surface area contributed by atoms with Gasteiger partial charge in [0.15, 0.2) is 0 Å². The number of phenolic OH excluding ortho intramolecular Hbond substituents is 1. The number of aromatic amines is 2. The van der Waals surface area contributed by atoms with Gasteiger partial charge in [0.2, 0.25) is 100 Å². The number of unbranched alkanes of at least 4 members (excludes halogenated alkanes) is 1. The zero-order valence-corrected chi connectivity index (χ0v) is 69.4. The number of aromatic hydroxyl groups is 1. The third kappa shape index (κ3) is 32.1. The highest BCUT2D eigenvalue weighted by molar-refractivity contribution is 7.80. The van der Waals surface area contributed by atoms with E-state index in [0.29, 0.717) is 41.8 Å². The highest BCUT2D eigenvalue weighted by atomic mass is 32.1. The van der Waals surface area contributed by atoms with Gasteiger partial charge >= 0.3 is 0 Å². The summed E-state index contributed by atoms with van der Waals surface area (Å²) in [4.78, 5) is 249. The molecule has 0 aliphatic carbocycles. The van der Waals surface area contributed by atoms with Crippen molar-refractivity contribution in [3.8, 4) is 5.75 Å². The molecule has 119 heavy (non-hydrogen) atoms. The molecule has 0 spiro atoms. The van der Waals surface area contributed by atoms with E-state index in [1.165, 1.54) is 68.1 Å². The van der Waals surface area contributed by atoms with Crippen LogP contribution in [0.25, 0.3) is 0 Å². The van der Waals surface area contributed by atoms with Crippen LogP contribution in [0.5, 0.6) is 5.75 Å². The fourth-order valence-electron chi connectivity index (χ4n) is 12.3. The summed E-state index contributed by atoms with van der Waals surface area (Å²) in [6, 6.07) is -6.36. The summed E-state index contributed by atoms with van der Waals surface area (Å²) >= 11 is 12.5. The minimum absolute atomic E-state index is 0.00745. The van der Waals surface area contributed by atoms with Crippen molar-refractivity contribution < 1.29 is 91.7 Å². The minimum Gasteiger partial charge on any atom is -0.508 e. The van der Waals surface area contributed by atoms with Crippen molar-refractivity contribution >= 4 is 138 Å². The van der Waals surface area contributed by atoms with E-state index in [4.69, 9.17) is 17.2 Å². The van der Waals surface area contributed by atoms with E-state index >= 15 is 4.79 Å². The maximum atomic E-state index is 15.1. The standard InChI is InChI=1S/C75H110N22O19S3/c1-7-39(4)61(74(115)92-54(33-117)62(78)103)96-71(112)56(35-119)93-65(106)47(16-11-12-22-76)87-66(107)50(27-45-30-80-37-83-45)88-63(104)40(5)84-72(113)57-17-13-23-97(57)75(116)52(25-42-14-9-8-10-15-42)91-73(114)60(38(2)3)95-68(109)48(24-43-18-20-46(100)21-19-43)89-67(108)51(28-58(77)101)90-70(111)55(34-118)94-69(110)53(32-98)86-59(102)31-81-64(105)49(85-41(6)99)26-44-29-79-36-82-44/h8-10,14-15,18-21,29-30,36-40,47-57,60-61,98,100,117-119H,7,11-13,16-17,22-28,31-35,76H2,1-6H3,(H2,77,101)(H2,78,103)(H,79,82)(H,80,83)(H,81,105)(H,84,113)(H,85,99)(H,86,102)(H,87,107)(H,88,104)(H,89,108)(H,90,111)(H,91,114)(H,92,115)(H,93,106)(H,94,110)(H,95,109)(H,96,112)/t39-,40-,47-,48-,49-,50-,51-,52-,53-,54-,55-,56-,57-,60-,61-/m0/s1. The van der Waals surface area contributed by atoms with Gasteiger partial charge in [-0.05, 0) is 80.7 Å². The highest BCUT2D eigenvalue weighted by Crippen LogP contribution is 2.22. The van der Waals surface area contributed by atoms with Gasteiger partial charge in [-0.3, -0.25) is 81.5 Å². The van der Waals surface area contributed by atoms with Gasteiger partial charge in [0, 0.05) is 68.8 Å². The lowest BCUT2D eigenvalue weighted by molar-refractivity contribution is -0.142. The Morgan fingerprint density at radius 3 is 1.53 bits per heavy atom. The van der Waals surface area contributed by atoms with Crippen LogP contribution < -0.4 is 91.6 Å². The molecule has 0 saturated carbocycles. The average molecular weight is 1720 g/mol. The Balaban J connectivity index is 1.31. The lowest BCUT2D eigenvalue weighted by atomic mass is 9.97. The van der Waals surface area contributed by atoms with Gasteiger partial charge in [-0.1, -0.05) is 76.6 Å². The Morgan fingerprint density at radius 1 is 0.521 bits per heavy atom. The normalized spacial score (nSPS) is 15.9. The Bertz CT molecular complexity index is 4120. The molecule has 1 aliphatic rings. The number of H-pyrrole nitrogens is 2. The molecule has 3 heterocycles. The molecule has 1 aliphatic heterocycles. The molecule has 652 valence electrons. The minimum atomic E-state index is -1.89. The molecule has 24 N–H and O–H groups in total. The van der Waals surface area contributed by atoms with Crippen LogP contribution in [0.4, 0.5) is 0 Å². The number of aliphatic hydroxyl groups excluding tert-OH is 1. The molecule has 15 atom stereocenters. The van der Waals surface area contributed by atoms with Gasteiger partial charge in [-0.25, -0.2) is 9.97 Å². The van der Waals surface area contributed by atoms with E-state index < -0.39 is 222 Å². The van der Waals surface area contributed by atoms with E-state index in [0.717, 1.165) is 0 Å². The average Bonchev–Trinajstić information content (AvgIpc) is 1.74. The van der Waals surface area contributed by atoms with E-state index in [9.17, 15) is 86.9 Å². The van der Waals surface area contributed by atoms with Crippen LogP contribution in [-0.4, -0.2) is 264 Å². The molecule has 41 nitrogen and oxygen atoms in total. The molecule has 0 bridgehead atoms. The summed E-state index contributed by atoms with van der Waals surface area (Å²) < 4.78 is 0. The van der Waals surface area contributed by atoms with Crippen molar-refractivity contribution in [3.63, 3.8) is 0 Å². The second-order valence-electron chi connectivity index (χ2n) is 28.8. The molecule has 2 aromatic carbocycles. The van der Waals surface area contributed by atoms with Gasteiger partial charge < -0.3 is 117 Å². The molecule has 1 saturated heterocycles. The lowest BCUT2D eigenvalue weighted by Gasteiger charge is -2.31. The Hall–Kier alpha value is -11.4. The van der Waals surface area contributed by atoms with Gasteiger partial charge in [-0.15, -0.1) is 0 Å². The topological polar surface area (TPSA) is 638 Å². The van der Waals surface area contributed by atoms with Crippen LogP contribution in [0, 0.1) is 11.8 Å². The highest BCUT2D eigenvalue weighted by Gasteiger charge is 2.42. The molecule has 44 heteroatoms. The number of aliphatic hydroxyl groups is 1. The quantitative estimate of drug-likeness (QED) is 0.0144. The summed E-state index contributed by atoms with van der Waals surface area (Å²) in [5.74, 6) is -17.8. The number of imidazole rings is 2. The third-order valence-corrected chi connectivity index (χ3v) is 20.2. The molecule has 1 fully saturated rings. The molecular weight excluding hydrogens is 1610 g/mol. The third-order valence-electron chi connectivity index (χ3n) is 19.1. The Labute approximate surface area is 703 Å². The number of nitrogens with zero attached hydrogens (tertiary/aromatic N) is 3. The van der Waals surface area contributed by atoms with Gasteiger partial charge in [-0.2, -0.15) is 37.9 Å². The van der Waals surface area contributed by atoms with E-state index in [2.05, 4.69) is 132 Å². The number of aromatic nitrogens is 4. The van der Waals surface area contributed by atoms with Crippen LogP contribution in [0.3, 0.4) is 0 Å². The molecule has 2 aromatic heterocycles. The number of hydrogen-bond acceptors (Lipinski definition) is 25. The number of thiol groups is 3. The summed E-state index contributed by atoms with van der Waals surface area (Å²) in [6.07, 6.45) is 5.38. The maximum absolute atomic E-state index is 15.1. The van der Waals surface area contributed by atoms with Crippen LogP contribution in [0.15, 0.2) is 79.6 Å². The van der Waals surface area contributed by atoms with Crippen LogP contribution in [0.1, 0.15) is 109 Å². The second kappa shape index (κ2) is 49.8. The first kappa shape index (κ1) is 98.2. The molecule has 17 amide bonds. The summed E-state index contributed by atoms with van der Waals surface area (Å²) in [5, 5.41) is 55.4. The molecule has 0 radical (unpaired) electrons. The number of benzene rings is 2. The molecule has 0 unspecified atom stereocenters. The van der Waals surface area contributed by atoms with Crippen molar-refractivity contribution in [2.45, 2.75) is 197 Å². The van der Waals surface area contributed by atoms with Crippen molar-refractivity contribution in [3.05, 3.63) is 102 Å². The van der Waals surface area contributed by atoms with E-state index in [-0.39, 0.29) is 75.3 Å². The Morgan fingerprint density at radius 2 is 0.992 bits per heavy atom.